The number of halogens is 1. The lowest BCUT2D eigenvalue weighted by Crippen LogP contribution is -2.09. The van der Waals surface area contributed by atoms with Crippen LogP contribution in [0.25, 0.3) is 10.9 Å². The zero-order valence-electron chi connectivity index (χ0n) is 7.89. The van der Waals surface area contributed by atoms with Crippen LogP contribution in [0.1, 0.15) is 11.4 Å². The molecular formula is C10H9BrN2O. The third kappa shape index (κ3) is 1.46. The Balaban J connectivity index is 2.96. The van der Waals surface area contributed by atoms with Gasteiger partial charge in [-0.1, -0.05) is 15.9 Å². The molecule has 0 aliphatic rings. The van der Waals surface area contributed by atoms with Crippen molar-refractivity contribution in [2.24, 2.45) is 0 Å². The van der Waals surface area contributed by atoms with Crippen LogP contribution in [-0.2, 0) is 0 Å². The quantitative estimate of drug-likeness (QED) is 0.782. The largest absolute Gasteiger partial charge is 0.310 e. The SMILES string of the molecule is Cc1nc2cc(Br)c(C)cc2c(=O)[nH]1. The second kappa shape index (κ2) is 3.20. The van der Waals surface area contributed by atoms with Crippen LogP contribution < -0.4 is 5.56 Å². The molecule has 14 heavy (non-hydrogen) atoms. The molecule has 1 aromatic carbocycles. The van der Waals surface area contributed by atoms with Gasteiger partial charge in [-0.3, -0.25) is 4.79 Å². The van der Waals surface area contributed by atoms with Gasteiger partial charge in [0.25, 0.3) is 5.56 Å². The molecule has 1 N–H and O–H groups in total. The molecule has 2 rings (SSSR count). The molecular weight excluding hydrogens is 244 g/mol. The average molecular weight is 253 g/mol. The van der Waals surface area contributed by atoms with Crippen molar-refractivity contribution in [2.75, 3.05) is 0 Å². The summed E-state index contributed by atoms with van der Waals surface area (Å²) in [6, 6.07) is 3.71. The van der Waals surface area contributed by atoms with E-state index < -0.39 is 0 Å². The molecule has 4 heteroatoms. The highest BCUT2D eigenvalue weighted by Crippen LogP contribution is 2.20. The number of aromatic nitrogens is 2. The van der Waals surface area contributed by atoms with E-state index in [4.69, 9.17) is 0 Å². The van der Waals surface area contributed by atoms with Gasteiger partial charge in [-0.2, -0.15) is 0 Å². The summed E-state index contributed by atoms with van der Waals surface area (Å²) in [6.07, 6.45) is 0. The van der Waals surface area contributed by atoms with Crippen LogP contribution in [0.15, 0.2) is 21.4 Å². The summed E-state index contributed by atoms with van der Waals surface area (Å²) < 4.78 is 0.975. The van der Waals surface area contributed by atoms with Crippen molar-refractivity contribution < 1.29 is 0 Å². The summed E-state index contributed by atoms with van der Waals surface area (Å²) >= 11 is 3.41. The van der Waals surface area contributed by atoms with Crippen molar-refractivity contribution in [3.63, 3.8) is 0 Å². The molecule has 0 unspecified atom stereocenters. The van der Waals surface area contributed by atoms with Gasteiger partial charge in [0.15, 0.2) is 0 Å². The average Bonchev–Trinajstić information content (AvgIpc) is 2.08. The van der Waals surface area contributed by atoms with Gasteiger partial charge in [0.1, 0.15) is 5.82 Å². The molecule has 0 amide bonds. The second-order valence-corrected chi connectivity index (χ2v) is 4.12. The Bertz CT molecular complexity index is 560. The lowest BCUT2D eigenvalue weighted by atomic mass is 10.2. The normalized spacial score (nSPS) is 10.8. The van der Waals surface area contributed by atoms with Gasteiger partial charge in [0.05, 0.1) is 10.9 Å². The van der Waals surface area contributed by atoms with Crippen molar-refractivity contribution in [2.45, 2.75) is 13.8 Å². The van der Waals surface area contributed by atoms with Gasteiger partial charge in [0.2, 0.25) is 0 Å². The molecule has 0 atom stereocenters. The molecule has 2 aromatic rings. The number of hydrogen-bond acceptors (Lipinski definition) is 2. The number of nitrogens with one attached hydrogen (secondary N) is 1. The van der Waals surface area contributed by atoms with Gasteiger partial charge in [-0.05, 0) is 31.5 Å². The van der Waals surface area contributed by atoms with E-state index >= 15 is 0 Å². The third-order valence-corrected chi connectivity index (χ3v) is 2.96. The van der Waals surface area contributed by atoms with E-state index in [9.17, 15) is 4.79 Å². The van der Waals surface area contributed by atoms with Gasteiger partial charge >= 0.3 is 0 Å². The van der Waals surface area contributed by atoms with Crippen molar-refractivity contribution in [1.82, 2.24) is 9.97 Å². The molecule has 0 aliphatic heterocycles. The zero-order chi connectivity index (χ0) is 10.3. The Morgan fingerprint density at radius 3 is 2.79 bits per heavy atom. The third-order valence-electron chi connectivity index (χ3n) is 2.10. The van der Waals surface area contributed by atoms with Crippen LogP contribution >= 0.6 is 15.9 Å². The molecule has 0 fully saturated rings. The monoisotopic (exact) mass is 252 g/mol. The van der Waals surface area contributed by atoms with E-state index in [1.807, 2.05) is 19.1 Å². The number of hydrogen-bond donors (Lipinski definition) is 1. The van der Waals surface area contributed by atoms with E-state index in [1.54, 1.807) is 6.92 Å². The topological polar surface area (TPSA) is 45.8 Å². The standard InChI is InChI=1S/C10H9BrN2O/c1-5-3-7-9(4-8(5)11)12-6(2)13-10(7)14/h3-4H,1-2H3,(H,12,13,14). The maximum Gasteiger partial charge on any atom is 0.258 e. The summed E-state index contributed by atoms with van der Waals surface area (Å²) in [5.74, 6) is 0.637. The molecule has 0 saturated heterocycles. The molecule has 0 spiro atoms. The Morgan fingerprint density at radius 1 is 1.36 bits per heavy atom. The fraction of sp³-hybridized carbons (Fsp3) is 0.200. The van der Waals surface area contributed by atoms with E-state index in [0.29, 0.717) is 11.2 Å². The predicted octanol–water partition coefficient (Wildman–Crippen LogP) is 2.30. The second-order valence-electron chi connectivity index (χ2n) is 3.27. The summed E-state index contributed by atoms with van der Waals surface area (Å²) in [4.78, 5) is 18.5. The minimum absolute atomic E-state index is 0.0805. The molecule has 0 aliphatic carbocycles. The minimum atomic E-state index is -0.0805. The first-order chi connectivity index (χ1) is 6.58. The Hall–Kier alpha value is -1.16. The summed E-state index contributed by atoms with van der Waals surface area (Å²) in [6.45, 7) is 3.72. The lowest BCUT2D eigenvalue weighted by molar-refractivity contribution is 1.06. The van der Waals surface area contributed by atoms with Crippen LogP contribution in [0, 0.1) is 13.8 Å². The van der Waals surface area contributed by atoms with Gasteiger partial charge < -0.3 is 4.98 Å². The molecule has 3 nitrogen and oxygen atoms in total. The summed E-state index contributed by atoms with van der Waals surface area (Å²) in [7, 11) is 0. The molecule has 0 saturated carbocycles. The molecule has 72 valence electrons. The molecule has 0 bridgehead atoms. The van der Waals surface area contributed by atoms with Crippen LogP contribution in [0.5, 0.6) is 0 Å². The van der Waals surface area contributed by atoms with Crippen molar-refractivity contribution in [1.29, 1.82) is 0 Å². The molecule has 0 radical (unpaired) electrons. The smallest absolute Gasteiger partial charge is 0.258 e. The predicted molar refractivity (Wildman–Crippen MR) is 59.5 cm³/mol. The number of aromatic amines is 1. The number of H-pyrrole nitrogens is 1. The number of nitrogens with zero attached hydrogens (tertiary/aromatic N) is 1. The van der Waals surface area contributed by atoms with E-state index in [1.165, 1.54) is 0 Å². The lowest BCUT2D eigenvalue weighted by Gasteiger charge is -2.01. The van der Waals surface area contributed by atoms with Crippen molar-refractivity contribution >= 4 is 26.8 Å². The van der Waals surface area contributed by atoms with Crippen LogP contribution in [0.2, 0.25) is 0 Å². The van der Waals surface area contributed by atoms with E-state index in [-0.39, 0.29) is 5.56 Å². The van der Waals surface area contributed by atoms with Crippen LogP contribution in [0.3, 0.4) is 0 Å². The van der Waals surface area contributed by atoms with Crippen LogP contribution in [-0.4, -0.2) is 9.97 Å². The number of benzene rings is 1. The fourth-order valence-electron chi connectivity index (χ4n) is 1.39. The first-order valence-electron chi connectivity index (χ1n) is 4.25. The highest BCUT2D eigenvalue weighted by molar-refractivity contribution is 9.10. The van der Waals surface area contributed by atoms with Crippen LogP contribution in [0.4, 0.5) is 0 Å². The Kier molecular flexibility index (Phi) is 2.15. The number of aryl methyl sites for hydroxylation is 2. The molecule has 1 heterocycles. The maximum atomic E-state index is 11.6. The summed E-state index contributed by atoms with van der Waals surface area (Å²) in [5.41, 5.74) is 1.68. The maximum absolute atomic E-state index is 11.6. The minimum Gasteiger partial charge on any atom is -0.310 e. The fourth-order valence-corrected chi connectivity index (χ4v) is 1.72. The highest BCUT2D eigenvalue weighted by atomic mass is 79.9. The first-order valence-corrected chi connectivity index (χ1v) is 5.04. The van der Waals surface area contributed by atoms with Gasteiger partial charge in [-0.15, -0.1) is 0 Å². The highest BCUT2D eigenvalue weighted by Gasteiger charge is 2.04. The van der Waals surface area contributed by atoms with Crippen molar-refractivity contribution in [3.05, 3.63) is 38.3 Å². The number of rotatable bonds is 0. The zero-order valence-corrected chi connectivity index (χ0v) is 9.47. The summed E-state index contributed by atoms with van der Waals surface area (Å²) in [5, 5.41) is 0.635. The number of fused-ring (bicyclic) bond motifs is 1. The van der Waals surface area contributed by atoms with Gasteiger partial charge in [0, 0.05) is 4.47 Å². The Labute approximate surface area is 89.3 Å². The molecule has 1 aromatic heterocycles. The van der Waals surface area contributed by atoms with E-state index in [2.05, 4.69) is 25.9 Å². The van der Waals surface area contributed by atoms with Crippen molar-refractivity contribution in [3.8, 4) is 0 Å². The van der Waals surface area contributed by atoms with E-state index in [0.717, 1.165) is 15.6 Å². The van der Waals surface area contributed by atoms with Gasteiger partial charge in [-0.25, -0.2) is 4.98 Å². The first kappa shape index (κ1) is 9.40. The Morgan fingerprint density at radius 2 is 2.07 bits per heavy atom.